The Morgan fingerprint density at radius 2 is 2.08 bits per heavy atom. The number of fused-ring (bicyclic) bond motifs is 1. The zero-order valence-corrected chi connectivity index (χ0v) is 13.4. The van der Waals surface area contributed by atoms with Gasteiger partial charge in [-0.05, 0) is 24.3 Å². The molecule has 8 heteroatoms. The Balaban J connectivity index is 1.71. The van der Waals surface area contributed by atoms with Crippen LogP contribution < -0.4 is 15.6 Å². The van der Waals surface area contributed by atoms with E-state index in [1.54, 1.807) is 24.3 Å². The number of rotatable bonds is 5. The first-order chi connectivity index (χ1) is 12.1. The van der Waals surface area contributed by atoms with Crippen LogP contribution in [0.25, 0.3) is 10.9 Å². The second-order valence-electron chi connectivity index (χ2n) is 5.28. The number of hydrogen-bond acceptors (Lipinski definition) is 5. The molecule has 0 aliphatic rings. The van der Waals surface area contributed by atoms with Crippen molar-refractivity contribution in [1.82, 2.24) is 15.0 Å². The Bertz CT molecular complexity index is 987. The molecule has 1 amide bonds. The maximum Gasteiger partial charge on any atom is 0.277 e. The van der Waals surface area contributed by atoms with Crippen LogP contribution >= 0.6 is 0 Å². The SMILES string of the molecule is COc1cc(F)ccc1NC(=O)CCn1nnc2ccccc2c1=O. The van der Waals surface area contributed by atoms with E-state index in [1.165, 1.54) is 25.3 Å². The van der Waals surface area contributed by atoms with Crippen LogP contribution in [-0.4, -0.2) is 28.0 Å². The number of halogens is 1. The molecule has 1 heterocycles. The fraction of sp³-hybridized carbons (Fsp3) is 0.176. The summed E-state index contributed by atoms with van der Waals surface area (Å²) in [5.74, 6) is -0.601. The molecular weight excluding hydrogens is 327 g/mol. The summed E-state index contributed by atoms with van der Waals surface area (Å²) in [5, 5.41) is 10.9. The Morgan fingerprint density at radius 3 is 2.88 bits per heavy atom. The molecule has 7 nitrogen and oxygen atoms in total. The molecule has 0 aliphatic carbocycles. The van der Waals surface area contributed by atoms with Crippen molar-refractivity contribution in [2.45, 2.75) is 13.0 Å². The molecule has 0 fully saturated rings. The van der Waals surface area contributed by atoms with E-state index in [0.717, 1.165) is 4.68 Å². The fourth-order valence-corrected chi connectivity index (χ4v) is 2.36. The molecule has 0 aliphatic heterocycles. The number of amides is 1. The summed E-state index contributed by atoms with van der Waals surface area (Å²) in [4.78, 5) is 24.4. The van der Waals surface area contributed by atoms with Crippen LogP contribution in [0.15, 0.2) is 47.3 Å². The highest BCUT2D eigenvalue weighted by atomic mass is 19.1. The lowest BCUT2D eigenvalue weighted by Crippen LogP contribution is -2.26. The summed E-state index contributed by atoms with van der Waals surface area (Å²) in [6.07, 6.45) is 0.00740. The molecular formula is C17H15FN4O3. The number of methoxy groups -OCH3 is 1. The maximum absolute atomic E-state index is 13.2. The van der Waals surface area contributed by atoms with Crippen LogP contribution in [0.3, 0.4) is 0 Å². The van der Waals surface area contributed by atoms with Gasteiger partial charge in [-0.1, -0.05) is 17.3 Å². The second-order valence-corrected chi connectivity index (χ2v) is 5.28. The summed E-state index contributed by atoms with van der Waals surface area (Å²) >= 11 is 0. The number of hydrogen-bond donors (Lipinski definition) is 1. The molecule has 1 aromatic heterocycles. The minimum absolute atomic E-state index is 0.00740. The van der Waals surface area contributed by atoms with Gasteiger partial charge in [0.1, 0.15) is 17.1 Å². The highest BCUT2D eigenvalue weighted by Crippen LogP contribution is 2.24. The zero-order chi connectivity index (χ0) is 17.8. The van der Waals surface area contributed by atoms with E-state index in [2.05, 4.69) is 15.6 Å². The lowest BCUT2D eigenvalue weighted by molar-refractivity contribution is -0.116. The van der Waals surface area contributed by atoms with Crippen LogP contribution in [0.2, 0.25) is 0 Å². The Kier molecular flexibility index (Phi) is 4.69. The number of anilines is 1. The summed E-state index contributed by atoms with van der Waals surface area (Å²) in [5.41, 5.74) is 0.549. The molecule has 3 rings (SSSR count). The third kappa shape index (κ3) is 3.63. The summed E-state index contributed by atoms with van der Waals surface area (Å²) in [6.45, 7) is 0.0754. The van der Waals surface area contributed by atoms with Crippen LogP contribution in [-0.2, 0) is 11.3 Å². The highest BCUT2D eigenvalue weighted by Gasteiger charge is 2.11. The average molecular weight is 342 g/mol. The van der Waals surface area contributed by atoms with Gasteiger partial charge in [-0.3, -0.25) is 9.59 Å². The predicted molar refractivity (Wildman–Crippen MR) is 90.0 cm³/mol. The van der Waals surface area contributed by atoms with E-state index in [4.69, 9.17) is 4.74 Å². The second kappa shape index (κ2) is 7.08. The lowest BCUT2D eigenvalue weighted by atomic mass is 10.2. The molecule has 0 bridgehead atoms. The number of benzene rings is 2. The fourth-order valence-electron chi connectivity index (χ4n) is 2.36. The van der Waals surface area contributed by atoms with E-state index in [-0.39, 0.29) is 30.2 Å². The van der Waals surface area contributed by atoms with E-state index >= 15 is 0 Å². The normalized spacial score (nSPS) is 10.6. The number of carbonyl (C=O) groups is 1. The molecule has 0 atom stereocenters. The number of aryl methyl sites for hydroxylation is 1. The van der Waals surface area contributed by atoms with Crippen LogP contribution in [0.5, 0.6) is 5.75 Å². The van der Waals surface area contributed by atoms with Gasteiger partial charge in [-0.2, -0.15) is 0 Å². The molecule has 0 radical (unpaired) electrons. The van der Waals surface area contributed by atoms with Crippen molar-refractivity contribution in [3.8, 4) is 5.75 Å². The molecule has 0 spiro atoms. The average Bonchev–Trinajstić information content (AvgIpc) is 2.63. The van der Waals surface area contributed by atoms with Crippen molar-refractivity contribution >= 4 is 22.5 Å². The molecule has 25 heavy (non-hydrogen) atoms. The summed E-state index contributed by atoms with van der Waals surface area (Å²) < 4.78 is 19.3. The molecule has 2 aromatic carbocycles. The van der Waals surface area contributed by atoms with Gasteiger partial charge in [0.15, 0.2) is 0 Å². The van der Waals surface area contributed by atoms with Gasteiger partial charge in [0.25, 0.3) is 5.56 Å². The van der Waals surface area contributed by atoms with Crippen LogP contribution in [0.4, 0.5) is 10.1 Å². The smallest absolute Gasteiger partial charge is 0.277 e. The Hall–Kier alpha value is -3.29. The first kappa shape index (κ1) is 16.6. The summed E-state index contributed by atoms with van der Waals surface area (Å²) in [7, 11) is 1.38. The van der Waals surface area contributed by atoms with E-state index in [1.807, 2.05) is 0 Å². The van der Waals surface area contributed by atoms with Crippen molar-refractivity contribution in [2.24, 2.45) is 0 Å². The molecule has 0 saturated heterocycles. The molecule has 0 unspecified atom stereocenters. The van der Waals surface area contributed by atoms with E-state index in [9.17, 15) is 14.0 Å². The highest BCUT2D eigenvalue weighted by molar-refractivity contribution is 5.92. The number of carbonyl (C=O) groups excluding carboxylic acids is 1. The van der Waals surface area contributed by atoms with Gasteiger partial charge in [0, 0.05) is 12.5 Å². The van der Waals surface area contributed by atoms with Crippen LogP contribution in [0.1, 0.15) is 6.42 Å². The third-order valence-corrected chi connectivity index (χ3v) is 3.62. The topological polar surface area (TPSA) is 86.1 Å². The standard InChI is InChI=1S/C17H15FN4O3/c1-25-15-10-11(18)6-7-14(15)19-16(23)8-9-22-17(24)12-4-2-3-5-13(12)20-21-22/h2-7,10H,8-9H2,1H3,(H,19,23). The molecule has 128 valence electrons. The number of ether oxygens (including phenoxy) is 1. The molecule has 0 saturated carbocycles. The molecule has 3 aromatic rings. The van der Waals surface area contributed by atoms with Gasteiger partial charge < -0.3 is 10.1 Å². The van der Waals surface area contributed by atoms with Gasteiger partial charge in [0.05, 0.1) is 24.7 Å². The minimum Gasteiger partial charge on any atom is -0.494 e. The first-order valence-corrected chi connectivity index (χ1v) is 7.54. The number of nitrogens with one attached hydrogen (secondary N) is 1. The molecule has 1 N–H and O–H groups in total. The monoisotopic (exact) mass is 342 g/mol. The Morgan fingerprint density at radius 1 is 1.28 bits per heavy atom. The quantitative estimate of drug-likeness (QED) is 0.766. The third-order valence-electron chi connectivity index (χ3n) is 3.62. The minimum atomic E-state index is -0.465. The van der Waals surface area contributed by atoms with Gasteiger partial charge in [0.2, 0.25) is 5.91 Å². The van der Waals surface area contributed by atoms with Crippen molar-refractivity contribution < 1.29 is 13.9 Å². The van der Waals surface area contributed by atoms with E-state index < -0.39 is 5.82 Å². The van der Waals surface area contributed by atoms with Gasteiger partial charge in [-0.25, -0.2) is 9.07 Å². The Labute approximate surface area is 142 Å². The van der Waals surface area contributed by atoms with Crippen molar-refractivity contribution in [1.29, 1.82) is 0 Å². The van der Waals surface area contributed by atoms with E-state index in [0.29, 0.717) is 16.6 Å². The predicted octanol–water partition coefficient (Wildman–Crippen LogP) is 1.97. The van der Waals surface area contributed by atoms with Crippen molar-refractivity contribution in [3.63, 3.8) is 0 Å². The number of nitrogens with zero attached hydrogens (tertiary/aromatic N) is 3. The lowest BCUT2D eigenvalue weighted by Gasteiger charge is -2.10. The van der Waals surface area contributed by atoms with Gasteiger partial charge >= 0.3 is 0 Å². The van der Waals surface area contributed by atoms with Crippen LogP contribution in [0, 0.1) is 5.82 Å². The zero-order valence-electron chi connectivity index (χ0n) is 13.4. The number of aromatic nitrogens is 3. The first-order valence-electron chi connectivity index (χ1n) is 7.54. The maximum atomic E-state index is 13.2. The van der Waals surface area contributed by atoms with Crippen molar-refractivity contribution in [3.05, 3.63) is 58.6 Å². The van der Waals surface area contributed by atoms with Crippen molar-refractivity contribution in [2.75, 3.05) is 12.4 Å². The summed E-state index contributed by atoms with van der Waals surface area (Å²) in [6, 6.07) is 10.7. The van der Waals surface area contributed by atoms with Gasteiger partial charge in [-0.15, -0.1) is 5.10 Å². The largest absolute Gasteiger partial charge is 0.494 e.